The van der Waals surface area contributed by atoms with Crippen LogP contribution in [0.15, 0.2) is 30.3 Å². The van der Waals surface area contributed by atoms with Gasteiger partial charge < -0.3 is 15.3 Å². The van der Waals surface area contributed by atoms with Crippen molar-refractivity contribution in [2.24, 2.45) is 5.92 Å². The van der Waals surface area contributed by atoms with Crippen molar-refractivity contribution in [2.45, 2.75) is 38.3 Å². The molecule has 2 saturated heterocycles. The number of nitrogens with one attached hydrogen (secondary N) is 1. The summed E-state index contributed by atoms with van der Waals surface area (Å²) in [5, 5.41) is 12.1. The molecule has 2 heterocycles. The predicted octanol–water partition coefficient (Wildman–Crippen LogP) is 1.26. The number of carboxylic acid groups (broad SMARTS) is 1. The van der Waals surface area contributed by atoms with Crippen LogP contribution in [0.2, 0.25) is 0 Å². The fraction of sp³-hybridized carbons (Fsp3) is 0.550. The van der Waals surface area contributed by atoms with Crippen LogP contribution in [-0.4, -0.2) is 64.9 Å². The third-order valence-electron chi connectivity index (χ3n) is 5.59. The van der Waals surface area contributed by atoms with Crippen molar-refractivity contribution in [3.8, 4) is 0 Å². The zero-order chi connectivity index (χ0) is 19.4. The van der Waals surface area contributed by atoms with Crippen LogP contribution in [0.25, 0.3) is 0 Å². The maximum atomic E-state index is 12.6. The van der Waals surface area contributed by atoms with Gasteiger partial charge in [0, 0.05) is 25.6 Å². The third kappa shape index (κ3) is 4.47. The molecule has 1 aromatic rings. The average Bonchev–Trinajstić information content (AvgIpc) is 3.26. The van der Waals surface area contributed by atoms with Gasteiger partial charge in [0.05, 0.1) is 5.92 Å². The number of carbonyl (C=O) groups excluding carboxylic acids is 2. The van der Waals surface area contributed by atoms with Crippen LogP contribution in [0.4, 0.5) is 0 Å². The number of hydrogen-bond acceptors (Lipinski definition) is 4. The highest BCUT2D eigenvalue weighted by atomic mass is 16.4. The molecule has 0 unspecified atom stereocenters. The van der Waals surface area contributed by atoms with Gasteiger partial charge in [-0.3, -0.25) is 14.5 Å². The van der Waals surface area contributed by atoms with Gasteiger partial charge in [0.15, 0.2) is 6.04 Å². The van der Waals surface area contributed by atoms with E-state index in [1.807, 2.05) is 0 Å². The number of aliphatic carboxylic acids is 1. The first-order valence-corrected chi connectivity index (χ1v) is 9.59. The molecule has 0 aromatic heterocycles. The molecule has 2 N–H and O–H groups in total. The molecule has 0 bridgehead atoms. The van der Waals surface area contributed by atoms with E-state index >= 15 is 0 Å². The number of carboxylic acids is 1. The van der Waals surface area contributed by atoms with E-state index in [-0.39, 0.29) is 18.2 Å². The molecule has 146 valence electrons. The summed E-state index contributed by atoms with van der Waals surface area (Å²) in [6, 6.07) is 7.86. The maximum absolute atomic E-state index is 12.6. The second kappa shape index (κ2) is 8.52. The van der Waals surface area contributed by atoms with Gasteiger partial charge in [-0.05, 0) is 31.5 Å². The van der Waals surface area contributed by atoms with E-state index < -0.39 is 17.9 Å². The molecule has 2 aliphatic heterocycles. The number of hydrogen-bond donors (Lipinski definition) is 2. The van der Waals surface area contributed by atoms with Gasteiger partial charge >= 0.3 is 5.97 Å². The Bertz CT molecular complexity index is 694. The molecule has 0 saturated carbocycles. The predicted molar refractivity (Wildman–Crippen MR) is 99.9 cm³/mol. The fourth-order valence-corrected chi connectivity index (χ4v) is 4.09. The summed E-state index contributed by atoms with van der Waals surface area (Å²) in [6.07, 6.45) is 2.36. The van der Waals surface area contributed by atoms with E-state index in [2.05, 4.69) is 17.1 Å². The topological polar surface area (TPSA) is 89.9 Å². The normalized spacial score (nSPS) is 24.2. The Morgan fingerprint density at radius 2 is 2.04 bits per heavy atom. The molecule has 0 radical (unpaired) electrons. The van der Waals surface area contributed by atoms with Crippen LogP contribution < -0.4 is 5.32 Å². The first-order chi connectivity index (χ1) is 13.0. The lowest BCUT2D eigenvalue weighted by atomic mass is 10.0. The van der Waals surface area contributed by atoms with E-state index in [0.717, 1.165) is 25.9 Å². The average molecular weight is 373 g/mol. The Balaban J connectivity index is 1.60. The monoisotopic (exact) mass is 373 g/mol. The number of carbonyl (C=O) groups is 3. The smallest absolute Gasteiger partial charge is 0.330 e. The van der Waals surface area contributed by atoms with Gasteiger partial charge in [0.1, 0.15) is 0 Å². The van der Waals surface area contributed by atoms with Crippen molar-refractivity contribution >= 4 is 17.8 Å². The molecule has 3 atom stereocenters. The zero-order valence-corrected chi connectivity index (χ0v) is 15.6. The van der Waals surface area contributed by atoms with Crippen molar-refractivity contribution in [2.75, 3.05) is 26.2 Å². The number of benzene rings is 1. The number of likely N-dealkylation sites (N-methyl/N-ethyl adjacent to an activating group) is 1. The van der Waals surface area contributed by atoms with Crippen LogP contribution in [0, 0.1) is 5.92 Å². The Hall–Kier alpha value is -2.41. The zero-order valence-electron chi connectivity index (χ0n) is 15.6. The summed E-state index contributed by atoms with van der Waals surface area (Å²) in [5.41, 5.74) is 0.518. The molecule has 1 aromatic carbocycles. The number of likely N-dealkylation sites (tertiary alicyclic amines) is 2. The highest BCUT2D eigenvalue weighted by Crippen LogP contribution is 2.24. The van der Waals surface area contributed by atoms with Crippen molar-refractivity contribution in [1.82, 2.24) is 15.1 Å². The van der Waals surface area contributed by atoms with E-state index in [1.165, 1.54) is 0 Å². The highest BCUT2D eigenvalue weighted by molar-refractivity contribution is 5.91. The first kappa shape index (κ1) is 19.4. The number of rotatable bonds is 7. The molecule has 2 fully saturated rings. The molecule has 7 nitrogen and oxygen atoms in total. The van der Waals surface area contributed by atoms with Gasteiger partial charge in [-0.25, -0.2) is 4.79 Å². The molecular formula is C20H27N3O4. The van der Waals surface area contributed by atoms with Gasteiger partial charge in [0.2, 0.25) is 11.8 Å². The Kier molecular flexibility index (Phi) is 6.11. The van der Waals surface area contributed by atoms with Crippen LogP contribution in [0.5, 0.6) is 0 Å². The largest absolute Gasteiger partial charge is 0.479 e. The van der Waals surface area contributed by atoms with E-state index in [1.54, 1.807) is 35.2 Å². The minimum atomic E-state index is -1.11. The molecule has 27 heavy (non-hydrogen) atoms. The molecule has 3 rings (SSSR count). The molecule has 0 spiro atoms. The lowest BCUT2D eigenvalue weighted by Gasteiger charge is -2.27. The van der Waals surface area contributed by atoms with Gasteiger partial charge in [-0.2, -0.15) is 0 Å². The molecular weight excluding hydrogens is 346 g/mol. The second-order valence-electron chi connectivity index (χ2n) is 7.31. The molecule has 0 aliphatic carbocycles. The highest BCUT2D eigenvalue weighted by Gasteiger charge is 2.38. The quantitative estimate of drug-likeness (QED) is 0.751. The lowest BCUT2D eigenvalue weighted by Crippen LogP contribution is -2.42. The minimum Gasteiger partial charge on any atom is -0.479 e. The molecule has 2 amide bonds. The van der Waals surface area contributed by atoms with Gasteiger partial charge in [-0.1, -0.05) is 37.3 Å². The van der Waals surface area contributed by atoms with E-state index in [0.29, 0.717) is 24.7 Å². The lowest BCUT2D eigenvalue weighted by molar-refractivity contribution is -0.142. The summed E-state index contributed by atoms with van der Waals surface area (Å²) < 4.78 is 0. The van der Waals surface area contributed by atoms with Crippen LogP contribution in [-0.2, 0) is 14.4 Å². The Morgan fingerprint density at radius 1 is 1.30 bits per heavy atom. The van der Waals surface area contributed by atoms with E-state index in [9.17, 15) is 19.5 Å². The van der Waals surface area contributed by atoms with Crippen LogP contribution in [0.3, 0.4) is 0 Å². The van der Waals surface area contributed by atoms with Crippen LogP contribution >= 0.6 is 0 Å². The van der Waals surface area contributed by atoms with Crippen molar-refractivity contribution in [1.29, 1.82) is 0 Å². The first-order valence-electron chi connectivity index (χ1n) is 9.59. The van der Waals surface area contributed by atoms with Crippen molar-refractivity contribution < 1.29 is 19.5 Å². The Labute approximate surface area is 159 Å². The van der Waals surface area contributed by atoms with E-state index in [4.69, 9.17) is 0 Å². The second-order valence-corrected chi connectivity index (χ2v) is 7.31. The summed E-state index contributed by atoms with van der Waals surface area (Å²) >= 11 is 0. The van der Waals surface area contributed by atoms with Crippen LogP contribution in [0.1, 0.15) is 37.8 Å². The minimum absolute atomic E-state index is 0.0234. The van der Waals surface area contributed by atoms with Crippen molar-refractivity contribution in [3.63, 3.8) is 0 Å². The van der Waals surface area contributed by atoms with Gasteiger partial charge in [-0.15, -0.1) is 0 Å². The SMILES string of the molecule is CCN1CCC[C@H]1CN1C[C@@H](C(=O)N[C@H](C(=O)O)c2ccccc2)CC1=O. The summed E-state index contributed by atoms with van der Waals surface area (Å²) in [4.78, 5) is 40.7. The maximum Gasteiger partial charge on any atom is 0.330 e. The summed E-state index contributed by atoms with van der Waals surface area (Å²) in [5.74, 6) is -2.01. The van der Waals surface area contributed by atoms with Gasteiger partial charge in [0.25, 0.3) is 0 Å². The third-order valence-corrected chi connectivity index (χ3v) is 5.59. The molecule has 7 heteroatoms. The molecule has 2 aliphatic rings. The standard InChI is InChI=1S/C20H27N3O4/c1-2-22-10-6-9-16(22)13-23-12-15(11-17(23)24)19(25)21-18(20(26)27)14-7-4-3-5-8-14/h3-5,7-8,15-16,18H,2,6,9-13H2,1H3,(H,21,25)(H,26,27)/t15-,16-,18-/m0/s1. The fourth-order valence-electron chi connectivity index (χ4n) is 4.09. The number of amides is 2. The summed E-state index contributed by atoms with van der Waals surface area (Å²) in [7, 11) is 0. The Morgan fingerprint density at radius 3 is 2.70 bits per heavy atom. The summed E-state index contributed by atoms with van der Waals surface area (Å²) in [6.45, 7) is 5.16. The van der Waals surface area contributed by atoms with Crippen molar-refractivity contribution in [3.05, 3.63) is 35.9 Å². The number of nitrogens with zero attached hydrogens (tertiary/aromatic N) is 2.